The van der Waals surface area contributed by atoms with E-state index in [1.54, 1.807) is 24.3 Å². The molecule has 2 aromatic carbocycles. The topological polar surface area (TPSA) is 153 Å². The molecule has 4 rings (SSSR count). The summed E-state index contributed by atoms with van der Waals surface area (Å²) in [6, 6.07) is 9.48. The van der Waals surface area contributed by atoms with Crippen LogP contribution in [0.1, 0.15) is 57.8 Å². The molecule has 10 heteroatoms. The van der Waals surface area contributed by atoms with Crippen LogP contribution in [-0.2, 0) is 9.59 Å². The molecule has 3 aromatic rings. The second-order valence-corrected chi connectivity index (χ2v) is 7.60. The Morgan fingerprint density at radius 2 is 1.15 bits per heavy atom. The lowest BCUT2D eigenvalue weighted by Gasteiger charge is -2.17. The molecule has 1 aliphatic rings. The lowest BCUT2D eigenvalue weighted by atomic mass is 9.89. The van der Waals surface area contributed by atoms with Crippen molar-refractivity contribution in [1.29, 1.82) is 0 Å². The van der Waals surface area contributed by atoms with Gasteiger partial charge in [-0.05, 0) is 12.8 Å². The summed E-state index contributed by atoms with van der Waals surface area (Å²) >= 11 is 0. The zero-order valence-corrected chi connectivity index (χ0v) is 17.9. The first-order valence-electron chi connectivity index (χ1n) is 10.6. The van der Waals surface area contributed by atoms with E-state index < -0.39 is 23.5 Å². The highest BCUT2D eigenvalue weighted by atomic mass is 16.5. The van der Waals surface area contributed by atoms with Crippen molar-refractivity contribution in [3.8, 4) is 11.5 Å². The summed E-state index contributed by atoms with van der Waals surface area (Å²) in [4.78, 5) is 56.2. The lowest BCUT2D eigenvalue weighted by Crippen LogP contribution is -2.23. The summed E-state index contributed by atoms with van der Waals surface area (Å²) in [5.41, 5.74) is 1.01. The van der Waals surface area contributed by atoms with Gasteiger partial charge in [-0.15, -0.1) is 0 Å². The first-order valence-corrected chi connectivity index (χ1v) is 10.6. The minimum Gasteiger partial charge on any atom is -0.490 e. The number of fused-ring (bicyclic) bond motifs is 3. The number of hydrogen-bond acceptors (Lipinski definition) is 8. The third-order valence-corrected chi connectivity index (χ3v) is 5.16. The predicted octanol–water partition coefficient (Wildman–Crippen LogP) is 2.89. The largest absolute Gasteiger partial charge is 0.490 e. The van der Waals surface area contributed by atoms with Crippen molar-refractivity contribution in [3.63, 3.8) is 0 Å². The van der Waals surface area contributed by atoms with E-state index in [9.17, 15) is 19.2 Å². The van der Waals surface area contributed by atoms with Crippen LogP contribution in [0.25, 0.3) is 11.0 Å². The molecule has 0 atom stereocenters. The number of aliphatic carboxylic acids is 2. The quantitative estimate of drug-likeness (QED) is 0.335. The molecule has 0 fully saturated rings. The molecule has 34 heavy (non-hydrogen) atoms. The fourth-order valence-electron chi connectivity index (χ4n) is 3.55. The van der Waals surface area contributed by atoms with Crippen LogP contribution in [-0.4, -0.2) is 56.9 Å². The maximum absolute atomic E-state index is 12.9. The van der Waals surface area contributed by atoms with Crippen molar-refractivity contribution < 1.29 is 38.9 Å². The van der Waals surface area contributed by atoms with Crippen LogP contribution in [0.2, 0.25) is 0 Å². The van der Waals surface area contributed by atoms with Gasteiger partial charge in [0.2, 0.25) is 11.6 Å². The van der Waals surface area contributed by atoms with E-state index in [0.717, 1.165) is 0 Å². The highest BCUT2D eigenvalue weighted by Gasteiger charge is 2.32. The van der Waals surface area contributed by atoms with Crippen molar-refractivity contribution >= 4 is 34.5 Å². The van der Waals surface area contributed by atoms with E-state index in [0.29, 0.717) is 11.0 Å². The Hall–Kier alpha value is -4.34. The number of carbonyl (C=O) groups is 4. The summed E-state index contributed by atoms with van der Waals surface area (Å²) in [5.74, 6) is -2.22. The van der Waals surface area contributed by atoms with Crippen molar-refractivity contribution in [2.24, 2.45) is 0 Å². The number of hydrogen-bond donors (Lipinski definition) is 2. The molecule has 0 saturated heterocycles. The molecule has 174 valence electrons. The summed E-state index contributed by atoms with van der Waals surface area (Å²) in [7, 11) is 0. The standard InChI is InChI=1S/C24H20N2O8/c27-19(28)7-3-9-33-17-11-15-16(12-18(17)34-10-4-8-20(29)30)26-22-21(25-15)23(31)13-5-1-2-6-14(13)24(22)32/h1-2,5-6,11-12H,3-4,7-10H2,(H,27,28)(H,29,30). The summed E-state index contributed by atoms with van der Waals surface area (Å²) in [6.07, 6.45) is 0.356. The smallest absolute Gasteiger partial charge is 0.303 e. The zero-order chi connectivity index (χ0) is 24.2. The highest BCUT2D eigenvalue weighted by molar-refractivity contribution is 6.27. The number of carboxylic acid groups (broad SMARTS) is 2. The number of nitrogens with zero attached hydrogens (tertiary/aromatic N) is 2. The first-order chi connectivity index (χ1) is 16.3. The van der Waals surface area contributed by atoms with Crippen LogP contribution in [0.15, 0.2) is 36.4 Å². The highest BCUT2D eigenvalue weighted by Crippen LogP contribution is 2.34. The Kier molecular flexibility index (Phi) is 6.48. The van der Waals surface area contributed by atoms with Gasteiger partial charge in [0.15, 0.2) is 11.5 Å². The molecule has 0 unspecified atom stereocenters. The number of aromatic nitrogens is 2. The number of rotatable bonds is 10. The summed E-state index contributed by atoms with van der Waals surface area (Å²) in [6.45, 7) is 0.179. The maximum Gasteiger partial charge on any atom is 0.303 e. The van der Waals surface area contributed by atoms with Gasteiger partial charge in [0.05, 0.1) is 24.2 Å². The second kappa shape index (κ2) is 9.65. The average Bonchev–Trinajstić information content (AvgIpc) is 2.82. The summed E-state index contributed by atoms with van der Waals surface area (Å²) < 4.78 is 11.4. The molecule has 0 bridgehead atoms. The normalized spacial score (nSPS) is 12.2. The minimum absolute atomic E-state index is 0.0526. The van der Waals surface area contributed by atoms with Crippen molar-refractivity contribution in [2.45, 2.75) is 25.7 Å². The van der Waals surface area contributed by atoms with Gasteiger partial charge >= 0.3 is 11.9 Å². The Balaban J connectivity index is 1.69. The van der Waals surface area contributed by atoms with Crippen LogP contribution in [0.5, 0.6) is 11.5 Å². The third kappa shape index (κ3) is 4.70. The predicted molar refractivity (Wildman–Crippen MR) is 118 cm³/mol. The second-order valence-electron chi connectivity index (χ2n) is 7.60. The van der Waals surface area contributed by atoms with Crippen LogP contribution >= 0.6 is 0 Å². The van der Waals surface area contributed by atoms with E-state index in [1.807, 2.05) is 0 Å². The number of ether oxygens (including phenoxy) is 2. The molecule has 0 spiro atoms. The molecule has 0 amide bonds. The number of benzene rings is 2. The number of carbonyl (C=O) groups excluding carboxylic acids is 2. The summed E-state index contributed by atoms with van der Waals surface area (Å²) in [5, 5.41) is 17.6. The van der Waals surface area contributed by atoms with E-state index >= 15 is 0 Å². The molecule has 2 N–H and O–H groups in total. The SMILES string of the molecule is O=C(O)CCCOc1cc2nc3c(nc2cc1OCCCC(=O)O)C(=O)c1ccccc1C3=O. The Morgan fingerprint density at radius 1 is 0.735 bits per heavy atom. The molecule has 1 aliphatic carbocycles. The molecule has 0 radical (unpaired) electrons. The molecule has 1 aromatic heterocycles. The van der Waals surface area contributed by atoms with Gasteiger partial charge in [-0.25, -0.2) is 9.97 Å². The molecule has 1 heterocycles. The fourth-order valence-corrected chi connectivity index (χ4v) is 3.55. The van der Waals surface area contributed by atoms with Crippen LogP contribution < -0.4 is 9.47 Å². The van der Waals surface area contributed by atoms with Crippen LogP contribution in [0.4, 0.5) is 0 Å². The van der Waals surface area contributed by atoms with E-state index in [1.165, 1.54) is 12.1 Å². The molecule has 0 aliphatic heterocycles. The van der Waals surface area contributed by atoms with Gasteiger partial charge in [0.25, 0.3) is 0 Å². The van der Waals surface area contributed by atoms with Gasteiger partial charge in [-0.1, -0.05) is 24.3 Å². The molecular weight excluding hydrogens is 444 g/mol. The molecule has 10 nitrogen and oxygen atoms in total. The minimum atomic E-state index is -0.951. The van der Waals surface area contributed by atoms with Crippen LogP contribution in [0.3, 0.4) is 0 Å². The van der Waals surface area contributed by atoms with Gasteiger partial charge < -0.3 is 19.7 Å². The van der Waals surface area contributed by atoms with E-state index in [2.05, 4.69) is 9.97 Å². The maximum atomic E-state index is 12.9. The Bertz CT molecular complexity index is 1220. The van der Waals surface area contributed by atoms with Gasteiger partial charge in [-0.3, -0.25) is 19.2 Å². The Labute approximate surface area is 193 Å². The van der Waals surface area contributed by atoms with Crippen molar-refractivity contribution in [2.75, 3.05) is 13.2 Å². The zero-order valence-electron chi connectivity index (χ0n) is 17.9. The fraction of sp³-hybridized carbons (Fsp3) is 0.250. The molecular formula is C24H20N2O8. The first kappa shape index (κ1) is 22.8. The van der Waals surface area contributed by atoms with Gasteiger partial charge in [0.1, 0.15) is 11.4 Å². The molecule has 0 saturated carbocycles. The van der Waals surface area contributed by atoms with E-state index in [-0.39, 0.29) is 72.9 Å². The van der Waals surface area contributed by atoms with Gasteiger partial charge in [-0.2, -0.15) is 0 Å². The van der Waals surface area contributed by atoms with Crippen molar-refractivity contribution in [3.05, 3.63) is 58.9 Å². The van der Waals surface area contributed by atoms with Crippen LogP contribution in [0, 0.1) is 0 Å². The average molecular weight is 464 g/mol. The lowest BCUT2D eigenvalue weighted by molar-refractivity contribution is -0.138. The Morgan fingerprint density at radius 3 is 1.53 bits per heavy atom. The van der Waals surface area contributed by atoms with E-state index in [4.69, 9.17) is 19.7 Å². The third-order valence-electron chi connectivity index (χ3n) is 5.16. The van der Waals surface area contributed by atoms with Gasteiger partial charge in [0, 0.05) is 36.1 Å². The number of ketones is 2. The van der Waals surface area contributed by atoms with Crippen molar-refractivity contribution in [1.82, 2.24) is 9.97 Å². The number of carboxylic acids is 2. The monoisotopic (exact) mass is 464 g/mol.